The molecular weight excluding hydrogens is 368 g/mol. The Kier molecular flexibility index (Phi) is 7.72. The third-order valence-corrected chi connectivity index (χ3v) is 4.73. The first kappa shape index (κ1) is 21.0. The third kappa shape index (κ3) is 6.10. The van der Waals surface area contributed by atoms with Crippen molar-refractivity contribution in [1.29, 1.82) is 0 Å². The van der Waals surface area contributed by atoms with Crippen LogP contribution < -0.4 is 20.1 Å². The van der Waals surface area contributed by atoms with Gasteiger partial charge in [0.15, 0.2) is 5.96 Å². The van der Waals surface area contributed by atoms with Crippen molar-refractivity contribution in [2.45, 2.75) is 59.2 Å². The summed E-state index contributed by atoms with van der Waals surface area (Å²) in [5.41, 5.74) is 2.26. The largest absolute Gasteiger partial charge is 0.494 e. The molecule has 0 bridgehead atoms. The van der Waals surface area contributed by atoms with Gasteiger partial charge in [-0.15, -0.1) is 10.2 Å². The van der Waals surface area contributed by atoms with Crippen molar-refractivity contribution in [2.24, 2.45) is 4.99 Å². The number of ether oxygens (including phenoxy) is 2. The molecule has 1 aliphatic rings. The van der Waals surface area contributed by atoms with Crippen molar-refractivity contribution >= 4 is 5.96 Å². The summed E-state index contributed by atoms with van der Waals surface area (Å²) >= 11 is 0. The molecule has 1 unspecified atom stereocenters. The Balaban J connectivity index is 1.56. The molecule has 158 valence electrons. The molecule has 8 nitrogen and oxygen atoms in total. The molecule has 1 aliphatic heterocycles. The first-order chi connectivity index (χ1) is 14.2. The second-order valence-electron chi connectivity index (χ2n) is 7.16. The molecule has 0 spiro atoms. The summed E-state index contributed by atoms with van der Waals surface area (Å²) in [6.45, 7) is 9.94. The van der Waals surface area contributed by atoms with Crippen LogP contribution in [0.25, 0.3) is 0 Å². The molecular formula is C21H32N6O2. The third-order valence-electron chi connectivity index (χ3n) is 4.73. The number of rotatable bonds is 10. The van der Waals surface area contributed by atoms with E-state index >= 15 is 0 Å². The van der Waals surface area contributed by atoms with Crippen molar-refractivity contribution in [3.8, 4) is 11.5 Å². The van der Waals surface area contributed by atoms with Crippen molar-refractivity contribution in [2.75, 3.05) is 19.7 Å². The summed E-state index contributed by atoms with van der Waals surface area (Å²) < 4.78 is 13.8. The quantitative estimate of drug-likeness (QED) is 0.362. The maximum atomic E-state index is 5.91. The maximum absolute atomic E-state index is 5.91. The lowest BCUT2D eigenvalue weighted by molar-refractivity contribution is 0.254. The first-order valence-corrected chi connectivity index (χ1v) is 10.5. The minimum absolute atomic E-state index is 0.218. The van der Waals surface area contributed by atoms with Gasteiger partial charge < -0.3 is 24.7 Å². The summed E-state index contributed by atoms with van der Waals surface area (Å²) in [5, 5.41) is 14.4. The van der Waals surface area contributed by atoms with Gasteiger partial charge >= 0.3 is 0 Å². The van der Waals surface area contributed by atoms with E-state index in [1.165, 1.54) is 5.56 Å². The van der Waals surface area contributed by atoms with Gasteiger partial charge in [0.1, 0.15) is 30.3 Å². The molecule has 2 aromatic rings. The van der Waals surface area contributed by atoms with Gasteiger partial charge in [0.05, 0.1) is 13.2 Å². The second kappa shape index (κ2) is 10.7. The molecule has 1 atom stereocenters. The Labute approximate surface area is 172 Å². The molecule has 0 aliphatic carbocycles. The van der Waals surface area contributed by atoms with Gasteiger partial charge in [0.25, 0.3) is 0 Å². The minimum atomic E-state index is 0.218. The number of aryl methyl sites for hydroxylation is 1. The van der Waals surface area contributed by atoms with Gasteiger partial charge in [0, 0.05) is 37.2 Å². The average molecular weight is 401 g/mol. The van der Waals surface area contributed by atoms with Gasteiger partial charge in [-0.05, 0) is 45.7 Å². The van der Waals surface area contributed by atoms with E-state index in [-0.39, 0.29) is 6.10 Å². The number of nitrogens with zero attached hydrogens (tertiary/aromatic N) is 4. The molecule has 3 rings (SSSR count). The van der Waals surface area contributed by atoms with Gasteiger partial charge in [-0.2, -0.15) is 0 Å². The summed E-state index contributed by atoms with van der Waals surface area (Å²) in [4.78, 5) is 4.75. The van der Waals surface area contributed by atoms with Gasteiger partial charge in [-0.3, -0.25) is 0 Å². The van der Waals surface area contributed by atoms with Crippen molar-refractivity contribution in [3.05, 3.63) is 35.9 Å². The van der Waals surface area contributed by atoms with Crippen LogP contribution in [0.15, 0.2) is 29.8 Å². The van der Waals surface area contributed by atoms with E-state index < -0.39 is 0 Å². The topological polar surface area (TPSA) is 85.6 Å². The summed E-state index contributed by atoms with van der Waals surface area (Å²) in [5.74, 6) is 2.67. The Morgan fingerprint density at radius 2 is 2.07 bits per heavy atom. The van der Waals surface area contributed by atoms with E-state index in [4.69, 9.17) is 14.5 Å². The molecule has 2 heterocycles. The number of unbranched alkanes of at least 4 members (excludes halogenated alkanes) is 1. The average Bonchev–Trinajstić information content (AvgIpc) is 3.34. The van der Waals surface area contributed by atoms with E-state index in [1.807, 2.05) is 11.5 Å². The van der Waals surface area contributed by atoms with E-state index in [1.54, 1.807) is 12.7 Å². The highest BCUT2D eigenvalue weighted by Gasteiger charge is 2.21. The Bertz CT molecular complexity index is 791. The number of guanidine groups is 1. The zero-order chi connectivity index (χ0) is 20.5. The van der Waals surface area contributed by atoms with Gasteiger partial charge in [-0.1, -0.05) is 0 Å². The summed E-state index contributed by atoms with van der Waals surface area (Å²) in [6.07, 6.45) is 6.73. The molecule has 8 heteroatoms. The standard InChI is InChI=1S/C21H32N6O2/c1-4-22-21(23-8-6-7-9-27-14-25-26-15-27)24-13-18-12-20-17(10-16(3)29-20)11-19(18)28-5-2/h11-12,14-16H,4-10,13H2,1-3H3,(H2,22,23,24). The van der Waals surface area contributed by atoms with E-state index in [2.05, 4.69) is 46.8 Å². The highest BCUT2D eigenvalue weighted by molar-refractivity contribution is 5.79. The molecule has 29 heavy (non-hydrogen) atoms. The fourth-order valence-electron chi connectivity index (χ4n) is 3.36. The Morgan fingerprint density at radius 3 is 2.83 bits per heavy atom. The molecule has 0 fully saturated rings. The molecule has 0 saturated carbocycles. The Hall–Kier alpha value is -2.77. The zero-order valence-electron chi connectivity index (χ0n) is 17.6. The minimum Gasteiger partial charge on any atom is -0.494 e. The molecule has 0 saturated heterocycles. The van der Waals surface area contributed by atoms with Crippen LogP contribution in [-0.4, -0.2) is 46.5 Å². The first-order valence-electron chi connectivity index (χ1n) is 10.5. The van der Waals surface area contributed by atoms with Gasteiger partial charge in [0.2, 0.25) is 0 Å². The second-order valence-corrected chi connectivity index (χ2v) is 7.16. The molecule has 2 N–H and O–H groups in total. The van der Waals surface area contributed by atoms with Crippen molar-refractivity contribution in [3.63, 3.8) is 0 Å². The van der Waals surface area contributed by atoms with E-state index in [9.17, 15) is 0 Å². The number of aliphatic imine (C=N–C) groups is 1. The zero-order valence-corrected chi connectivity index (χ0v) is 17.6. The highest BCUT2D eigenvalue weighted by Crippen LogP contribution is 2.35. The number of nitrogens with one attached hydrogen (secondary N) is 2. The predicted molar refractivity (Wildman–Crippen MR) is 113 cm³/mol. The molecule has 0 radical (unpaired) electrons. The van der Waals surface area contributed by atoms with Crippen LogP contribution in [0.5, 0.6) is 11.5 Å². The van der Waals surface area contributed by atoms with Crippen LogP contribution in [0.2, 0.25) is 0 Å². The molecule has 1 aromatic heterocycles. The summed E-state index contributed by atoms with van der Waals surface area (Å²) in [7, 11) is 0. The van der Waals surface area contributed by atoms with E-state index in [0.29, 0.717) is 13.2 Å². The van der Waals surface area contributed by atoms with E-state index in [0.717, 1.165) is 61.9 Å². The van der Waals surface area contributed by atoms with Crippen molar-refractivity contribution in [1.82, 2.24) is 25.4 Å². The lowest BCUT2D eigenvalue weighted by Gasteiger charge is -2.14. The van der Waals surface area contributed by atoms with Crippen LogP contribution >= 0.6 is 0 Å². The lowest BCUT2D eigenvalue weighted by Crippen LogP contribution is -2.37. The van der Waals surface area contributed by atoms with Crippen LogP contribution in [0, 0.1) is 0 Å². The van der Waals surface area contributed by atoms with Crippen LogP contribution in [0.4, 0.5) is 0 Å². The van der Waals surface area contributed by atoms with Gasteiger partial charge in [-0.25, -0.2) is 4.99 Å². The van der Waals surface area contributed by atoms with Crippen molar-refractivity contribution < 1.29 is 9.47 Å². The smallest absolute Gasteiger partial charge is 0.191 e. The molecule has 0 amide bonds. The normalized spacial score (nSPS) is 15.7. The van der Waals surface area contributed by atoms with Crippen LogP contribution in [-0.2, 0) is 19.5 Å². The number of benzene rings is 1. The highest BCUT2D eigenvalue weighted by atomic mass is 16.5. The van der Waals surface area contributed by atoms with Crippen LogP contribution in [0.1, 0.15) is 44.7 Å². The monoisotopic (exact) mass is 400 g/mol. The summed E-state index contributed by atoms with van der Waals surface area (Å²) in [6, 6.07) is 4.19. The number of hydrogen-bond acceptors (Lipinski definition) is 5. The number of hydrogen-bond donors (Lipinski definition) is 2. The fourth-order valence-corrected chi connectivity index (χ4v) is 3.36. The fraction of sp³-hybridized carbons (Fsp3) is 0.571. The Morgan fingerprint density at radius 1 is 1.24 bits per heavy atom. The SMILES string of the molecule is CCNC(=NCc1cc2c(cc1OCC)CC(C)O2)NCCCCn1cnnc1. The number of aromatic nitrogens is 3. The molecule has 1 aromatic carbocycles. The number of fused-ring (bicyclic) bond motifs is 1. The predicted octanol–water partition coefficient (Wildman–Crippen LogP) is 2.54. The van der Waals surface area contributed by atoms with Crippen LogP contribution in [0.3, 0.4) is 0 Å². The lowest BCUT2D eigenvalue weighted by atomic mass is 10.1. The maximum Gasteiger partial charge on any atom is 0.191 e.